The molecule has 0 spiro atoms. The predicted octanol–water partition coefficient (Wildman–Crippen LogP) is 4.85. The lowest BCUT2D eigenvalue weighted by molar-refractivity contribution is 0.234. The van der Waals surface area contributed by atoms with E-state index in [1.807, 2.05) is 30.2 Å². The number of hydrogen-bond donors (Lipinski definition) is 0. The van der Waals surface area contributed by atoms with Crippen LogP contribution in [0.4, 0.5) is 0 Å². The van der Waals surface area contributed by atoms with E-state index in [0.29, 0.717) is 5.25 Å². The van der Waals surface area contributed by atoms with Crippen molar-refractivity contribution >= 4 is 34.1 Å². The van der Waals surface area contributed by atoms with Gasteiger partial charge in [0.25, 0.3) is 0 Å². The van der Waals surface area contributed by atoms with E-state index in [1.54, 1.807) is 0 Å². The summed E-state index contributed by atoms with van der Waals surface area (Å²) >= 11 is 8.40. The summed E-state index contributed by atoms with van der Waals surface area (Å²) in [5, 5.41) is 3.84. The fraction of sp³-hybridized carbons (Fsp3) is 0.471. The number of pyridine rings is 1. The lowest BCUT2D eigenvalue weighted by Gasteiger charge is -2.32. The van der Waals surface area contributed by atoms with Crippen molar-refractivity contribution in [1.29, 1.82) is 0 Å². The summed E-state index contributed by atoms with van der Waals surface area (Å²) in [6, 6.07) is 6.31. The molecule has 1 saturated heterocycles. The number of likely N-dealkylation sites (tertiary alicyclic amines) is 1. The van der Waals surface area contributed by atoms with Crippen molar-refractivity contribution in [3.63, 3.8) is 0 Å². The molecular formula is C17H21ClN2S. The molecule has 1 aliphatic heterocycles. The van der Waals surface area contributed by atoms with Gasteiger partial charge >= 0.3 is 0 Å². The summed E-state index contributed by atoms with van der Waals surface area (Å²) in [5.74, 6) is 0. The summed E-state index contributed by atoms with van der Waals surface area (Å²) in [4.78, 5) is 7.95. The van der Waals surface area contributed by atoms with Gasteiger partial charge in [-0.2, -0.15) is 0 Å². The lowest BCUT2D eigenvalue weighted by atomic mass is 10.1. The minimum Gasteiger partial charge on any atom is -0.302 e. The third-order valence-corrected chi connectivity index (χ3v) is 5.72. The van der Waals surface area contributed by atoms with Crippen LogP contribution in [0.15, 0.2) is 35.5 Å². The van der Waals surface area contributed by atoms with E-state index >= 15 is 0 Å². The van der Waals surface area contributed by atoms with E-state index < -0.39 is 0 Å². The molecule has 1 aromatic carbocycles. The van der Waals surface area contributed by atoms with Gasteiger partial charge in [-0.1, -0.05) is 18.5 Å². The highest BCUT2D eigenvalue weighted by Crippen LogP contribution is 2.36. The van der Waals surface area contributed by atoms with Gasteiger partial charge in [-0.3, -0.25) is 4.98 Å². The third-order valence-electron chi connectivity index (χ3n) is 3.99. The second-order valence-corrected chi connectivity index (χ2v) is 7.44. The van der Waals surface area contributed by atoms with E-state index in [2.05, 4.69) is 28.9 Å². The Hall–Kier alpha value is -0.770. The minimum absolute atomic E-state index is 0.655. The van der Waals surface area contributed by atoms with Crippen molar-refractivity contribution in [2.45, 2.75) is 36.3 Å². The Morgan fingerprint density at radius 1 is 1.38 bits per heavy atom. The monoisotopic (exact) mass is 320 g/mol. The van der Waals surface area contributed by atoms with Gasteiger partial charge < -0.3 is 4.90 Å². The number of piperidine rings is 1. The summed E-state index contributed by atoms with van der Waals surface area (Å²) in [5.41, 5.74) is 0. The molecule has 1 fully saturated rings. The molecule has 2 nitrogen and oxygen atoms in total. The van der Waals surface area contributed by atoms with Crippen molar-refractivity contribution < 1.29 is 0 Å². The van der Waals surface area contributed by atoms with E-state index in [-0.39, 0.29) is 0 Å². The normalized spacial score (nSPS) is 20.0. The number of nitrogens with zero attached hydrogens (tertiary/aromatic N) is 2. The first-order valence-corrected chi connectivity index (χ1v) is 8.94. The van der Waals surface area contributed by atoms with Crippen LogP contribution in [0.1, 0.15) is 26.2 Å². The smallest absolute Gasteiger partial charge is 0.0548 e. The van der Waals surface area contributed by atoms with Gasteiger partial charge in [0.15, 0.2) is 0 Å². The van der Waals surface area contributed by atoms with E-state index in [1.165, 1.54) is 49.2 Å². The fourth-order valence-electron chi connectivity index (χ4n) is 2.99. The van der Waals surface area contributed by atoms with Gasteiger partial charge in [0.2, 0.25) is 0 Å². The van der Waals surface area contributed by atoms with E-state index in [9.17, 15) is 0 Å². The van der Waals surface area contributed by atoms with Crippen LogP contribution in [-0.4, -0.2) is 34.8 Å². The fourth-order valence-corrected chi connectivity index (χ4v) is 4.59. The quantitative estimate of drug-likeness (QED) is 0.800. The van der Waals surface area contributed by atoms with Crippen LogP contribution in [0.2, 0.25) is 5.02 Å². The Bertz CT molecular complexity index is 615. The molecule has 1 atom stereocenters. The van der Waals surface area contributed by atoms with Crippen LogP contribution in [0.5, 0.6) is 0 Å². The molecule has 0 N–H and O–H groups in total. The maximum Gasteiger partial charge on any atom is 0.0548 e. The van der Waals surface area contributed by atoms with Crippen molar-refractivity contribution in [1.82, 2.24) is 9.88 Å². The zero-order valence-corrected chi connectivity index (χ0v) is 14.0. The summed E-state index contributed by atoms with van der Waals surface area (Å²) in [6.07, 6.45) is 7.54. The zero-order chi connectivity index (χ0) is 14.7. The first-order valence-electron chi connectivity index (χ1n) is 7.68. The molecule has 1 aliphatic rings. The second-order valence-electron chi connectivity index (χ2n) is 5.69. The zero-order valence-electron chi connectivity index (χ0n) is 12.4. The Kier molecular flexibility index (Phi) is 5.04. The number of thioether (sulfide) groups is 1. The van der Waals surface area contributed by atoms with E-state index in [0.717, 1.165) is 10.4 Å². The van der Waals surface area contributed by atoms with Crippen molar-refractivity contribution in [2.75, 3.05) is 19.6 Å². The highest BCUT2D eigenvalue weighted by Gasteiger charge is 2.21. The number of halogens is 1. The maximum absolute atomic E-state index is 6.46. The number of benzene rings is 1. The number of fused-ring (bicyclic) bond motifs is 1. The molecule has 3 rings (SSSR count). The first-order chi connectivity index (χ1) is 10.3. The van der Waals surface area contributed by atoms with Crippen LogP contribution >= 0.6 is 23.4 Å². The van der Waals surface area contributed by atoms with Crippen LogP contribution in [0.3, 0.4) is 0 Å². The highest BCUT2D eigenvalue weighted by molar-refractivity contribution is 8.00. The van der Waals surface area contributed by atoms with Crippen LogP contribution in [0, 0.1) is 0 Å². The summed E-state index contributed by atoms with van der Waals surface area (Å²) < 4.78 is 0. The van der Waals surface area contributed by atoms with Crippen LogP contribution in [-0.2, 0) is 0 Å². The number of aromatic nitrogens is 1. The molecule has 1 aromatic heterocycles. The van der Waals surface area contributed by atoms with E-state index in [4.69, 9.17) is 11.6 Å². The standard InChI is InChI=1S/C17H21ClN2S/c1-2-7-20-8-3-4-15(12-20)21-17-10-13-5-6-19-11-14(13)9-16(17)18/h5-6,9-11,15H,2-4,7-8,12H2,1H3. The number of rotatable bonds is 4. The summed E-state index contributed by atoms with van der Waals surface area (Å²) in [7, 11) is 0. The molecule has 2 aromatic rings. The van der Waals surface area contributed by atoms with Gasteiger partial charge in [-0.15, -0.1) is 11.8 Å². The number of hydrogen-bond acceptors (Lipinski definition) is 3. The Labute approximate surface area is 135 Å². The molecule has 21 heavy (non-hydrogen) atoms. The molecule has 4 heteroatoms. The van der Waals surface area contributed by atoms with Gasteiger partial charge in [0, 0.05) is 34.5 Å². The molecule has 1 unspecified atom stereocenters. The Morgan fingerprint density at radius 2 is 2.29 bits per heavy atom. The van der Waals surface area contributed by atoms with Gasteiger partial charge in [-0.25, -0.2) is 0 Å². The second kappa shape index (κ2) is 6.99. The third kappa shape index (κ3) is 3.71. The topological polar surface area (TPSA) is 16.1 Å². The molecular weight excluding hydrogens is 300 g/mol. The van der Waals surface area contributed by atoms with Crippen molar-refractivity contribution in [3.8, 4) is 0 Å². The highest BCUT2D eigenvalue weighted by atomic mass is 35.5. The molecule has 112 valence electrons. The van der Waals surface area contributed by atoms with Gasteiger partial charge in [0.1, 0.15) is 0 Å². The molecule has 2 heterocycles. The van der Waals surface area contributed by atoms with Gasteiger partial charge in [-0.05, 0) is 55.9 Å². The molecule has 0 radical (unpaired) electrons. The Balaban J connectivity index is 1.76. The minimum atomic E-state index is 0.655. The molecule has 0 saturated carbocycles. The van der Waals surface area contributed by atoms with Crippen molar-refractivity contribution in [3.05, 3.63) is 35.6 Å². The first kappa shape index (κ1) is 15.1. The van der Waals surface area contributed by atoms with Crippen LogP contribution in [0.25, 0.3) is 10.8 Å². The molecule has 0 aliphatic carbocycles. The predicted molar refractivity (Wildman–Crippen MR) is 92.4 cm³/mol. The van der Waals surface area contributed by atoms with Crippen molar-refractivity contribution in [2.24, 2.45) is 0 Å². The lowest BCUT2D eigenvalue weighted by Crippen LogP contribution is -2.37. The van der Waals surface area contributed by atoms with Crippen LogP contribution < -0.4 is 0 Å². The van der Waals surface area contributed by atoms with Gasteiger partial charge in [0.05, 0.1) is 5.02 Å². The largest absolute Gasteiger partial charge is 0.302 e. The Morgan fingerprint density at radius 3 is 3.14 bits per heavy atom. The average Bonchev–Trinajstić information content (AvgIpc) is 2.49. The average molecular weight is 321 g/mol. The SMILES string of the molecule is CCCN1CCCC(Sc2cc3ccncc3cc2Cl)C1. The molecule has 0 bridgehead atoms. The molecule has 0 amide bonds. The summed E-state index contributed by atoms with van der Waals surface area (Å²) in [6.45, 7) is 5.91. The maximum atomic E-state index is 6.46.